The maximum absolute atomic E-state index is 12.5. The van der Waals surface area contributed by atoms with E-state index >= 15 is 0 Å². The van der Waals surface area contributed by atoms with Gasteiger partial charge in [-0.1, -0.05) is 12.2 Å². The zero-order valence-corrected chi connectivity index (χ0v) is 11.6. The molecule has 1 aromatic heterocycles. The number of nitrogens with one attached hydrogen (secondary N) is 1. The quantitative estimate of drug-likeness (QED) is 0.802. The molecule has 19 heavy (non-hydrogen) atoms. The van der Waals surface area contributed by atoms with Gasteiger partial charge >= 0.3 is 0 Å². The van der Waals surface area contributed by atoms with Crippen molar-refractivity contribution in [2.24, 2.45) is 5.92 Å². The van der Waals surface area contributed by atoms with Gasteiger partial charge in [-0.05, 0) is 31.4 Å². The molecule has 3 heterocycles. The van der Waals surface area contributed by atoms with E-state index in [1.54, 1.807) is 12.3 Å². The van der Waals surface area contributed by atoms with Crippen LogP contribution in [0.3, 0.4) is 0 Å². The van der Waals surface area contributed by atoms with Crippen molar-refractivity contribution in [1.29, 1.82) is 0 Å². The van der Waals surface area contributed by atoms with E-state index in [9.17, 15) is 4.79 Å². The highest BCUT2D eigenvalue weighted by Crippen LogP contribution is 2.28. The number of hydrogen-bond acceptors (Lipinski definition) is 3. The molecule has 0 radical (unpaired) electrons. The van der Waals surface area contributed by atoms with Gasteiger partial charge in [-0.25, -0.2) is 0 Å². The minimum absolute atomic E-state index is 0.0471. The van der Waals surface area contributed by atoms with E-state index in [1.165, 1.54) is 0 Å². The van der Waals surface area contributed by atoms with Gasteiger partial charge < -0.3 is 14.6 Å². The van der Waals surface area contributed by atoms with Crippen LogP contribution in [0.4, 0.5) is 0 Å². The van der Waals surface area contributed by atoms with E-state index in [-0.39, 0.29) is 5.91 Å². The first-order chi connectivity index (χ1) is 9.25. The molecule has 2 aliphatic rings. The third kappa shape index (κ3) is 2.58. The number of aromatic amines is 1. The Balaban J connectivity index is 1.75. The molecule has 1 aromatic rings. The lowest BCUT2D eigenvalue weighted by atomic mass is 9.88. The number of amides is 1. The van der Waals surface area contributed by atoms with Gasteiger partial charge in [-0.3, -0.25) is 4.79 Å². The van der Waals surface area contributed by atoms with Crippen molar-refractivity contribution in [2.75, 3.05) is 19.7 Å². The van der Waals surface area contributed by atoms with Crippen LogP contribution in [0.1, 0.15) is 29.6 Å². The Labute approximate surface area is 117 Å². The van der Waals surface area contributed by atoms with E-state index in [4.69, 9.17) is 17.0 Å². The molecule has 2 saturated heterocycles. The maximum atomic E-state index is 12.5. The Kier molecular flexibility index (Phi) is 3.66. The summed E-state index contributed by atoms with van der Waals surface area (Å²) in [7, 11) is 0. The molecular weight excluding hydrogens is 260 g/mol. The van der Waals surface area contributed by atoms with Gasteiger partial charge in [0.05, 0.1) is 11.7 Å². The van der Waals surface area contributed by atoms with Gasteiger partial charge in [0.15, 0.2) is 0 Å². The van der Waals surface area contributed by atoms with Gasteiger partial charge in [-0.15, -0.1) is 0 Å². The Bertz CT molecular complexity index is 528. The zero-order valence-electron chi connectivity index (χ0n) is 10.8. The molecule has 1 amide bonds. The average Bonchev–Trinajstić information content (AvgIpc) is 2.46. The highest BCUT2D eigenvalue weighted by molar-refractivity contribution is 7.71. The van der Waals surface area contributed by atoms with Crippen molar-refractivity contribution < 1.29 is 9.53 Å². The third-order valence-corrected chi connectivity index (χ3v) is 4.39. The maximum Gasteiger partial charge on any atom is 0.256 e. The SMILES string of the molecule is O=C(c1ccc[nH]c1=S)N1CC[C@@H]2OCCC[C@H]2C1. The predicted octanol–water partition coefficient (Wildman–Crippen LogP) is 2.39. The van der Waals surface area contributed by atoms with Crippen LogP contribution < -0.4 is 0 Å². The number of pyridine rings is 1. The Morgan fingerprint density at radius 2 is 2.37 bits per heavy atom. The monoisotopic (exact) mass is 278 g/mol. The van der Waals surface area contributed by atoms with Crippen molar-refractivity contribution in [3.05, 3.63) is 28.5 Å². The summed E-state index contributed by atoms with van der Waals surface area (Å²) in [5.41, 5.74) is 0.604. The van der Waals surface area contributed by atoms with Crippen molar-refractivity contribution in [3.63, 3.8) is 0 Å². The van der Waals surface area contributed by atoms with Crippen LogP contribution in [0, 0.1) is 10.6 Å². The number of H-pyrrole nitrogens is 1. The van der Waals surface area contributed by atoms with Crippen LogP contribution in [0.15, 0.2) is 18.3 Å². The number of aromatic nitrogens is 1. The molecule has 5 heteroatoms. The molecule has 2 fully saturated rings. The molecular formula is C14H18N2O2S. The second kappa shape index (κ2) is 5.43. The minimum atomic E-state index is 0.0471. The molecule has 0 aromatic carbocycles. The zero-order chi connectivity index (χ0) is 13.2. The average molecular weight is 278 g/mol. The third-order valence-electron chi connectivity index (χ3n) is 4.05. The number of hydrogen-bond donors (Lipinski definition) is 1. The summed E-state index contributed by atoms with van der Waals surface area (Å²) >= 11 is 5.18. The second-order valence-corrected chi connectivity index (χ2v) is 5.67. The van der Waals surface area contributed by atoms with Crippen molar-refractivity contribution in [2.45, 2.75) is 25.4 Å². The lowest BCUT2D eigenvalue weighted by Gasteiger charge is -2.41. The summed E-state index contributed by atoms with van der Waals surface area (Å²) in [6.45, 7) is 2.44. The summed E-state index contributed by atoms with van der Waals surface area (Å²) in [6.07, 6.45) is 5.31. The van der Waals surface area contributed by atoms with Gasteiger partial charge in [0.25, 0.3) is 5.91 Å². The van der Waals surface area contributed by atoms with Crippen molar-refractivity contribution in [1.82, 2.24) is 9.88 Å². The van der Waals surface area contributed by atoms with Crippen molar-refractivity contribution in [3.8, 4) is 0 Å². The highest BCUT2D eigenvalue weighted by atomic mass is 32.1. The fraction of sp³-hybridized carbons (Fsp3) is 0.571. The molecule has 0 unspecified atom stereocenters. The van der Waals surface area contributed by atoms with E-state index in [1.807, 2.05) is 11.0 Å². The molecule has 102 valence electrons. The summed E-state index contributed by atoms with van der Waals surface area (Å²) < 4.78 is 6.30. The molecule has 2 atom stereocenters. The number of fused-ring (bicyclic) bond motifs is 1. The number of likely N-dealkylation sites (tertiary alicyclic amines) is 1. The first kappa shape index (κ1) is 12.8. The van der Waals surface area contributed by atoms with Gasteiger partial charge in [0, 0.05) is 31.8 Å². The van der Waals surface area contributed by atoms with Gasteiger partial charge in [-0.2, -0.15) is 0 Å². The van der Waals surface area contributed by atoms with Gasteiger partial charge in [0.1, 0.15) is 4.64 Å². The van der Waals surface area contributed by atoms with Crippen LogP contribution in [-0.2, 0) is 4.74 Å². The standard InChI is InChI=1S/C14H18N2O2S/c17-14(11-4-1-6-15-13(11)19)16-7-5-12-10(9-16)3-2-8-18-12/h1,4,6,10,12H,2-3,5,7-9H2,(H,15,19)/t10-,12-/m0/s1. The largest absolute Gasteiger partial charge is 0.378 e. The lowest BCUT2D eigenvalue weighted by molar-refractivity contribution is -0.0607. The summed E-state index contributed by atoms with van der Waals surface area (Å²) in [5, 5.41) is 0. The van der Waals surface area contributed by atoms with Crippen LogP contribution in [0.5, 0.6) is 0 Å². The molecule has 2 aliphatic heterocycles. The Hall–Kier alpha value is -1.20. The smallest absolute Gasteiger partial charge is 0.256 e. The van der Waals surface area contributed by atoms with E-state index in [0.29, 0.717) is 22.2 Å². The van der Waals surface area contributed by atoms with E-state index in [0.717, 1.165) is 39.0 Å². The van der Waals surface area contributed by atoms with Gasteiger partial charge in [0.2, 0.25) is 0 Å². The van der Waals surface area contributed by atoms with Crippen LogP contribution in [0.25, 0.3) is 0 Å². The number of piperidine rings is 1. The predicted molar refractivity (Wildman–Crippen MR) is 74.6 cm³/mol. The van der Waals surface area contributed by atoms with Crippen LogP contribution in [-0.4, -0.2) is 41.6 Å². The summed E-state index contributed by atoms with van der Waals surface area (Å²) in [4.78, 5) is 17.3. The Morgan fingerprint density at radius 1 is 1.47 bits per heavy atom. The summed E-state index contributed by atoms with van der Waals surface area (Å²) in [5.74, 6) is 0.540. The first-order valence-corrected chi connectivity index (χ1v) is 7.25. The molecule has 3 rings (SSSR count). The van der Waals surface area contributed by atoms with Crippen molar-refractivity contribution >= 4 is 18.1 Å². The fourth-order valence-corrected chi connectivity index (χ4v) is 3.26. The molecule has 0 saturated carbocycles. The topological polar surface area (TPSA) is 45.3 Å². The first-order valence-electron chi connectivity index (χ1n) is 6.84. The number of nitrogens with zero attached hydrogens (tertiary/aromatic N) is 1. The van der Waals surface area contributed by atoms with E-state index < -0.39 is 0 Å². The highest BCUT2D eigenvalue weighted by Gasteiger charge is 2.34. The number of carbonyl (C=O) groups excluding carboxylic acids is 1. The minimum Gasteiger partial charge on any atom is -0.378 e. The number of ether oxygens (including phenoxy) is 1. The van der Waals surface area contributed by atoms with Crippen LogP contribution in [0.2, 0.25) is 0 Å². The summed E-state index contributed by atoms with van der Waals surface area (Å²) in [6, 6.07) is 3.62. The van der Waals surface area contributed by atoms with E-state index in [2.05, 4.69) is 4.98 Å². The molecule has 4 nitrogen and oxygen atoms in total. The van der Waals surface area contributed by atoms with Crippen LogP contribution >= 0.6 is 12.2 Å². The lowest BCUT2D eigenvalue weighted by Crippen LogP contribution is -2.48. The normalized spacial score (nSPS) is 26.8. The molecule has 0 bridgehead atoms. The second-order valence-electron chi connectivity index (χ2n) is 5.26. The molecule has 0 spiro atoms. The Morgan fingerprint density at radius 3 is 3.21 bits per heavy atom. The number of carbonyl (C=O) groups is 1. The molecule has 0 aliphatic carbocycles. The fourth-order valence-electron chi connectivity index (χ4n) is 3.03. The number of rotatable bonds is 1. The molecule has 1 N–H and O–H groups in total.